The van der Waals surface area contributed by atoms with E-state index in [1.807, 2.05) is 56.3 Å². The first-order valence-electron chi connectivity index (χ1n) is 10.5. The van der Waals surface area contributed by atoms with Crippen LogP contribution in [0.25, 0.3) is 0 Å². The van der Waals surface area contributed by atoms with Crippen molar-refractivity contribution in [1.82, 2.24) is 4.90 Å². The van der Waals surface area contributed by atoms with E-state index in [0.29, 0.717) is 17.9 Å². The van der Waals surface area contributed by atoms with Gasteiger partial charge >= 0.3 is 6.09 Å². The van der Waals surface area contributed by atoms with Crippen LogP contribution in [0.1, 0.15) is 56.1 Å². The highest BCUT2D eigenvalue weighted by molar-refractivity contribution is 6.16. The van der Waals surface area contributed by atoms with E-state index >= 15 is 0 Å². The van der Waals surface area contributed by atoms with Crippen LogP contribution in [0, 0.1) is 5.92 Å². The predicted octanol–water partition coefficient (Wildman–Crippen LogP) is 5.15. The molecule has 0 radical (unpaired) electrons. The molecule has 1 atom stereocenters. The van der Waals surface area contributed by atoms with Gasteiger partial charge in [0.1, 0.15) is 30.2 Å². The third-order valence-electron chi connectivity index (χ3n) is 5.38. The molecule has 0 saturated carbocycles. The summed E-state index contributed by atoms with van der Waals surface area (Å²) in [6, 6.07) is 15.3. The molecule has 0 N–H and O–H groups in total. The van der Waals surface area contributed by atoms with Gasteiger partial charge in [-0.2, -0.15) is 0 Å². The van der Waals surface area contributed by atoms with Crippen LogP contribution >= 0.6 is 0 Å². The van der Waals surface area contributed by atoms with Gasteiger partial charge in [-0.05, 0) is 38.3 Å². The second kappa shape index (κ2) is 8.71. The van der Waals surface area contributed by atoms with E-state index in [0.717, 1.165) is 11.1 Å². The minimum atomic E-state index is -1.17. The van der Waals surface area contributed by atoms with Crippen LogP contribution in [-0.2, 0) is 21.6 Å². The predicted molar refractivity (Wildman–Crippen MR) is 118 cm³/mol. The van der Waals surface area contributed by atoms with Crippen LogP contribution in [0.2, 0.25) is 0 Å². The zero-order valence-corrected chi connectivity index (χ0v) is 19.1. The first-order valence-corrected chi connectivity index (χ1v) is 10.5. The Bertz CT molecular complexity index is 948. The highest BCUT2D eigenvalue weighted by Crippen LogP contribution is 2.52. The fourth-order valence-electron chi connectivity index (χ4n) is 4.09. The molecular formula is C25H31NO5. The van der Waals surface area contributed by atoms with Crippen molar-refractivity contribution < 1.29 is 23.8 Å². The molecule has 31 heavy (non-hydrogen) atoms. The SMILES string of the molecule is COCN(C(=O)OC(C)(C)C)[C@@]1(C(C)C)C(=O)c2c(OCc3ccccc3)cccc21. The van der Waals surface area contributed by atoms with E-state index in [2.05, 4.69) is 0 Å². The lowest BCUT2D eigenvalue weighted by Gasteiger charge is -2.51. The average Bonchev–Trinajstić information content (AvgIpc) is 2.70. The summed E-state index contributed by atoms with van der Waals surface area (Å²) in [4.78, 5) is 28.1. The minimum absolute atomic E-state index is 0.0621. The van der Waals surface area contributed by atoms with Crippen LogP contribution < -0.4 is 4.74 Å². The Kier molecular flexibility index (Phi) is 6.41. The van der Waals surface area contributed by atoms with Gasteiger partial charge in [0.05, 0.1) is 5.56 Å². The number of fused-ring (bicyclic) bond motifs is 1. The van der Waals surface area contributed by atoms with Crippen molar-refractivity contribution in [3.63, 3.8) is 0 Å². The second-order valence-corrected chi connectivity index (χ2v) is 9.03. The molecule has 1 aliphatic rings. The van der Waals surface area contributed by atoms with Gasteiger partial charge in [0.2, 0.25) is 0 Å². The van der Waals surface area contributed by atoms with Gasteiger partial charge < -0.3 is 14.2 Å². The third-order valence-corrected chi connectivity index (χ3v) is 5.38. The summed E-state index contributed by atoms with van der Waals surface area (Å²) in [6.07, 6.45) is -0.586. The smallest absolute Gasteiger partial charge is 0.413 e. The summed E-state index contributed by atoms with van der Waals surface area (Å²) < 4.78 is 16.9. The first kappa shape index (κ1) is 22.8. The molecule has 2 aromatic rings. The standard InChI is InChI=1S/C25H31NO5/c1-17(2)25(26(16-29-6)23(28)31-24(3,4)5)19-13-10-14-20(21(19)22(25)27)30-15-18-11-8-7-9-12-18/h7-14,17H,15-16H2,1-6H3/t25-/m1/s1. The van der Waals surface area contributed by atoms with E-state index in [1.54, 1.807) is 26.8 Å². The molecule has 6 nitrogen and oxygen atoms in total. The van der Waals surface area contributed by atoms with Crippen molar-refractivity contribution in [2.24, 2.45) is 5.92 Å². The van der Waals surface area contributed by atoms with Crippen molar-refractivity contribution in [3.05, 3.63) is 65.2 Å². The van der Waals surface area contributed by atoms with Crippen molar-refractivity contribution in [2.45, 2.75) is 52.4 Å². The molecule has 3 rings (SSSR count). The fourth-order valence-corrected chi connectivity index (χ4v) is 4.09. The zero-order valence-electron chi connectivity index (χ0n) is 19.1. The Morgan fingerprint density at radius 3 is 2.32 bits per heavy atom. The van der Waals surface area contributed by atoms with Crippen LogP contribution in [-0.4, -0.2) is 36.2 Å². The minimum Gasteiger partial charge on any atom is -0.488 e. The second-order valence-electron chi connectivity index (χ2n) is 9.03. The summed E-state index contributed by atoms with van der Waals surface area (Å²) in [6.45, 7) is 9.52. The number of amides is 1. The third kappa shape index (κ3) is 4.17. The molecule has 6 heteroatoms. The van der Waals surface area contributed by atoms with E-state index < -0.39 is 17.2 Å². The average molecular weight is 426 g/mol. The van der Waals surface area contributed by atoms with Gasteiger partial charge in [-0.1, -0.05) is 56.3 Å². The molecule has 0 unspecified atom stereocenters. The highest BCUT2D eigenvalue weighted by Gasteiger charge is 2.61. The van der Waals surface area contributed by atoms with Crippen molar-refractivity contribution in [1.29, 1.82) is 0 Å². The molecule has 0 heterocycles. The molecule has 0 saturated heterocycles. The van der Waals surface area contributed by atoms with Gasteiger partial charge in [-0.15, -0.1) is 0 Å². The Balaban J connectivity index is 1.99. The maximum atomic E-state index is 13.6. The Morgan fingerprint density at radius 1 is 1.06 bits per heavy atom. The molecule has 0 bridgehead atoms. The molecule has 0 aromatic heterocycles. The largest absolute Gasteiger partial charge is 0.488 e. The summed E-state index contributed by atoms with van der Waals surface area (Å²) in [7, 11) is 1.49. The summed E-state index contributed by atoms with van der Waals surface area (Å²) in [5.74, 6) is 0.160. The maximum Gasteiger partial charge on any atom is 0.413 e. The van der Waals surface area contributed by atoms with E-state index in [1.165, 1.54) is 12.0 Å². The van der Waals surface area contributed by atoms with Gasteiger partial charge in [0.25, 0.3) is 0 Å². The van der Waals surface area contributed by atoms with Crippen molar-refractivity contribution >= 4 is 11.9 Å². The fraction of sp³-hybridized carbons (Fsp3) is 0.440. The number of carbonyl (C=O) groups is 2. The first-order chi connectivity index (χ1) is 14.6. The van der Waals surface area contributed by atoms with Crippen LogP contribution in [0.15, 0.2) is 48.5 Å². The zero-order chi connectivity index (χ0) is 22.8. The summed E-state index contributed by atoms with van der Waals surface area (Å²) in [5, 5.41) is 0. The van der Waals surface area contributed by atoms with Gasteiger partial charge in [-0.25, -0.2) is 4.79 Å². The van der Waals surface area contributed by atoms with Crippen molar-refractivity contribution in [3.8, 4) is 5.75 Å². The highest BCUT2D eigenvalue weighted by atomic mass is 16.6. The molecule has 1 aliphatic carbocycles. The molecule has 166 valence electrons. The topological polar surface area (TPSA) is 65.1 Å². The van der Waals surface area contributed by atoms with E-state index in [9.17, 15) is 9.59 Å². The van der Waals surface area contributed by atoms with Gasteiger partial charge in [-0.3, -0.25) is 9.69 Å². The summed E-state index contributed by atoms with van der Waals surface area (Å²) >= 11 is 0. The number of ether oxygens (including phenoxy) is 3. The lowest BCUT2D eigenvalue weighted by Crippen LogP contribution is -2.64. The number of benzene rings is 2. The number of carbonyl (C=O) groups excluding carboxylic acids is 2. The van der Waals surface area contributed by atoms with Crippen molar-refractivity contribution in [2.75, 3.05) is 13.8 Å². The molecular weight excluding hydrogens is 394 g/mol. The lowest BCUT2D eigenvalue weighted by atomic mass is 9.62. The molecule has 0 fully saturated rings. The Labute approximate surface area is 184 Å². The van der Waals surface area contributed by atoms with E-state index in [4.69, 9.17) is 14.2 Å². The van der Waals surface area contributed by atoms with Crippen LogP contribution in [0.4, 0.5) is 4.79 Å². The normalized spacial score (nSPS) is 17.7. The van der Waals surface area contributed by atoms with Gasteiger partial charge in [0.15, 0.2) is 5.78 Å². The maximum absolute atomic E-state index is 13.6. The molecule has 0 spiro atoms. The monoisotopic (exact) mass is 425 g/mol. The number of hydrogen-bond donors (Lipinski definition) is 0. The van der Waals surface area contributed by atoms with Crippen LogP contribution in [0.5, 0.6) is 5.75 Å². The molecule has 1 amide bonds. The number of nitrogens with zero attached hydrogens (tertiary/aromatic N) is 1. The Hall–Kier alpha value is -2.86. The lowest BCUT2D eigenvalue weighted by molar-refractivity contribution is -0.0551. The van der Waals surface area contributed by atoms with Crippen LogP contribution in [0.3, 0.4) is 0 Å². The van der Waals surface area contributed by atoms with E-state index in [-0.39, 0.29) is 18.4 Å². The number of hydrogen-bond acceptors (Lipinski definition) is 5. The molecule has 0 aliphatic heterocycles. The number of ketones is 1. The number of Topliss-reactive ketones (excluding diaryl/α,β-unsaturated/α-hetero) is 1. The Morgan fingerprint density at radius 2 is 1.74 bits per heavy atom. The van der Waals surface area contributed by atoms with Gasteiger partial charge in [0, 0.05) is 12.7 Å². The summed E-state index contributed by atoms with van der Waals surface area (Å²) in [5.41, 5.74) is 0.409. The molecule has 2 aromatic carbocycles. The quantitative estimate of drug-likeness (QED) is 0.574. The number of rotatable bonds is 7. The number of methoxy groups -OCH3 is 1.